The zero-order chi connectivity index (χ0) is 12.6. The number of hydrogen-bond donors (Lipinski definition) is 1. The lowest BCUT2D eigenvalue weighted by Crippen LogP contribution is -2.11. The average molecular weight is 252 g/mol. The van der Waals surface area contributed by atoms with Gasteiger partial charge in [-0.15, -0.1) is 0 Å². The quantitative estimate of drug-likeness (QED) is 0.865. The zero-order valence-corrected chi connectivity index (χ0v) is 10.3. The summed E-state index contributed by atoms with van der Waals surface area (Å²) in [5.41, 5.74) is 0.147. The molecule has 2 rings (SSSR count). The van der Waals surface area contributed by atoms with Crippen molar-refractivity contribution in [3.05, 3.63) is 34.4 Å². The van der Waals surface area contributed by atoms with E-state index in [1.165, 1.54) is 18.2 Å². The van der Waals surface area contributed by atoms with Gasteiger partial charge in [-0.1, -0.05) is 6.92 Å². The molecule has 1 N–H and O–H groups in total. The van der Waals surface area contributed by atoms with E-state index in [1.54, 1.807) is 13.8 Å². The van der Waals surface area contributed by atoms with E-state index in [-0.39, 0.29) is 16.2 Å². The summed E-state index contributed by atoms with van der Waals surface area (Å²) in [6, 6.07) is 4.37. The number of aromatic nitrogens is 2. The molecule has 0 saturated carbocycles. The highest BCUT2D eigenvalue weighted by molar-refractivity contribution is 7.91. The third kappa shape index (κ3) is 2.08. The van der Waals surface area contributed by atoms with Gasteiger partial charge in [0.2, 0.25) is 0 Å². The van der Waals surface area contributed by atoms with Crippen molar-refractivity contribution in [3.63, 3.8) is 0 Å². The second-order valence-corrected chi connectivity index (χ2v) is 6.01. The smallest absolute Gasteiger partial charge is 0.258 e. The number of hydrogen-bond acceptors (Lipinski definition) is 4. The second kappa shape index (κ2) is 3.96. The zero-order valence-electron chi connectivity index (χ0n) is 9.52. The summed E-state index contributed by atoms with van der Waals surface area (Å²) < 4.78 is 23.4. The largest absolute Gasteiger partial charge is 0.310 e. The lowest BCUT2D eigenvalue weighted by atomic mass is 10.2. The lowest BCUT2D eigenvalue weighted by molar-refractivity contribution is 0.597. The molecule has 0 aliphatic rings. The van der Waals surface area contributed by atoms with Crippen LogP contribution in [-0.2, 0) is 9.84 Å². The van der Waals surface area contributed by atoms with E-state index >= 15 is 0 Å². The van der Waals surface area contributed by atoms with Crippen LogP contribution >= 0.6 is 0 Å². The third-order valence-corrected chi connectivity index (χ3v) is 4.27. The third-order valence-electron chi connectivity index (χ3n) is 2.54. The monoisotopic (exact) mass is 252 g/mol. The molecule has 0 fully saturated rings. The molecule has 0 aliphatic heterocycles. The van der Waals surface area contributed by atoms with Crippen LogP contribution in [0.15, 0.2) is 27.9 Å². The van der Waals surface area contributed by atoms with Gasteiger partial charge in [-0.25, -0.2) is 13.4 Å². The van der Waals surface area contributed by atoms with Crippen molar-refractivity contribution in [2.45, 2.75) is 18.7 Å². The highest BCUT2D eigenvalue weighted by Gasteiger charge is 2.13. The van der Waals surface area contributed by atoms with E-state index in [9.17, 15) is 13.2 Å². The number of nitrogens with one attached hydrogen (secondary N) is 1. The Morgan fingerprint density at radius 2 is 2.06 bits per heavy atom. The number of H-pyrrole nitrogens is 1. The molecular weight excluding hydrogens is 240 g/mol. The first-order valence-electron chi connectivity index (χ1n) is 5.17. The Hall–Kier alpha value is -1.69. The molecule has 0 aliphatic carbocycles. The molecule has 2 aromatic rings. The van der Waals surface area contributed by atoms with Gasteiger partial charge in [0.05, 0.1) is 21.6 Å². The van der Waals surface area contributed by atoms with Gasteiger partial charge in [0, 0.05) is 0 Å². The average Bonchev–Trinajstić information content (AvgIpc) is 2.28. The summed E-state index contributed by atoms with van der Waals surface area (Å²) >= 11 is 0. The first-order chi connectivity index (χ1) is 7.94. The highest BCUT2D eigenvalue weighted by atomic mass is 32.2. The maximum absolute atomic E-state index is 11.7. The van der Waals surface area contributed by atoms with E-state index < -0.39 is 9.84 Å². The first-order valence-corrected chi connectivity index (χ1v) is 6.82. The van der Waals surface area contributed by atoms with Gasteiger partial charge < -0.3 is 4.98 Å². The Labute approximate surface area is 98.4 Å². The van der Waals surface area contributed by atoms with Crippen LogP contribution in [0.25, 0.3) is 10.9 Å². The van der Waals surface area contributed by atoms with Crippen LogP contribution in [0.2, 0.25) is 0 Å². The molecule has 0 saturated heterocycles. The molecule has 0 amide bonds. The lowest BCUT2D eigenvalue weighted by Gasteiger charge is -2.03. The fourth-order valence-electron chi connectivity index (χ4n) is 1.60. The molecule has 1 heterocycles. The molecule has 0 radical (unpaired) electrons. The van der Waals surface area contributed by atoms with Crippen LogP contribution in [0.1, 0.15) is 12.7 Å². The minimum atomic E-state index is -3.27. The molecule has 17 heavy (non-hydrogen) atoms. The molecule has 0 spiro atoms. The van der Waals surface area contributed by atoms with Crippen molar-refractivity contribution in [1.82, 2.24) is 9.97 Å². The van der Waals surface area contributed by atoms with E-state index in [1.807, 2.05) is 0 Å². The fourth-order valence-corrected chi connectivity index (χ4v) is 2.50. The normalized spacial score (nSPS) is 11.9. The van der Waals surface area contributed by atoms with Gasteiger partial charge >= 0.3 is 0 Å². The molecule has 90 valence electrons. The summed E-state index contributed by atoms with van der Waals surface area (Å²) in [4.78, 5) is 18.5. The number of sulfone groups is 1. The Morgan fingerprint density at radius 3 is 2.71 bits per heavy atom. The van der Waals surface area contributed by atoms with Crippen LogP contribution in [0.5, 0.6) is 0 Å². The standard InChI is InChI=1S/C11H12N2O3S/c1-3-17(15,16)8-4-5-9-10(6-8)12-7(2)13-11(9)14/h4-6H,3H2,1-2H3,(H,12,13,14). The predicted octanol–water partition coefficient (Wildman–Crippen LogP) is 1.03. The summed E-state index contributed by atoms with van der Waals surface area (Å²) in [6.45, 7) is 3.23. The highest BCUT2D eigenvalue weighted by Crippen LogP contribution is 2.16. The van der Waals surface area contributed by atoms with Gasteiger partial charge in [0.25, 0.3) is 5.56 Å². The molecule has 6 heteroatoms. The fraction of sp³-hybridized carbons (Fsp3) is 0.273. The molecular formula is C11H12N2O3S. The second-order valence-electron chi connectivity index (χ2n) is 3.73. The van der Waals surface area contributed by atoms with Gasteiger partial charge in [0.15, 0.2) is 9.84 Å². The van der Waals surface area contributed by atoms with Crippen LogP contribution in [0, 0.1) is 6.92 Å². The van der Waals surface area contributed by atoms with Crippen LogP contribution in [-0.4, -0.2) is 24.1 Å². The Balaban J connectivity index is 2.79. The van der Waals surface area contributed by atoms with Gasteiger partial charge in [-0.2, -0.15) is 0 Å². The molecule has 1 aromatic heterocycles. The maximum atomic E-state index is 11.7. The van der Waals surface area contributed by atoms with Crippen LogP contribution in [0.4, 0.5) is 0 Å². The van der Waals surface area contributed by atoms with Crippen molar-refractivity contribution in [2.75, 3.05) is 5.75 Å². The van der Waals surface area contributed by atoms with Crippen LogP contribution < -0.4 is 5.56 Å². The molecule has 5 nitrogen and oxygen atoms in total. The van der Waals surface area contributed by atoms with Crippen molar-refractivity contribution in [1.29, 1.82) is 0 Å². The number of aryl methyl sites for hydroxylation is 1. The van der Waals surface area contributed by atoms with E-state index in [0.29, 0.717) is 16.7 Å². The Bertz CT molecular complexity index is 732. The van der Waals surface area contributed by atoms with Gasteiger partial charge in [-0.05, 0) is 25.1 Å². The van der Waals surface area contributed by atoms with Crippen molar-refractivity contribution in [3.8, 4) is 0 Å². The van der Waals surface area contributed by atoms with E-state index in [2.05, 4.69) is 9.97 Å². The van der Waals surface area contributed by atoms with Gasteiger partial charge in [0.1, 0.15) is 5.82 Å². The number of fused-ring (bicyclic) bond motifs is 1. The molecule has 1 aromatic carbocycles. The van der Waals surface area contributed by atoms with E-state index in [0.717, 1.165) is 0 Å². The topological polar surface area (TPSA) is 79.9 Å². The molecule has 0 atom stereocenters. The van der Waals surface area contributed by atoms with Crippen LogP contribution in [0.3, 0.4) is 0 Å². The Kier molecular flexibility index (Phi) is 2.74. The number of benzene rings is 1. The van der Waals surface area contributed by atoms with Crippen molar-refractivity contribution < 1.29 is 8.42 Å². The number of rotatable bonds is 2. The number of nitrogens with zero attached hydrogens (tertiary/aromatic N) is 1. The minimum Gasteiger partial charge on any atom is -0.310 e. The van der Waals surface area contributed by atoms with Gasteiger partial charge in [-0.3, -0.25) is 4.79 Å². The van der Waals surface area contributed by atoms with Crippen molar-refractivity contribution in [2.24, 2.45) is 0 Å². The molecule has 0 unspecified atom stereocenters. The predicted molar refractivity (Wildman–Crippen MR) is 64.8 cm³/mol. The summed E-state index contributed by atoms with van der Waals surface area (Å²) in [5, 5.41) is 0.394. The SMILES string of the molecule is CCS(=O)(=O)c1ccc2c(=O)[nH]c(C)nc2c1. The maximum Gasteiger partial charge on any atom is 0.258 e. The van der Waals surface area contributed by atoms with Crippen molar-refractivity contribution >= 4 is 20.7 Å². The van der Waals surface area contributed by atoms with E-state index in [4.69, 9.17) is 0 Å². The summed E-state index contributed by atoms with van der Waals surface area (Å²) in [7, 11) is -3.27. The summed E-state index contributed by atoms with van der Waals surface area (Å²) in [6.07, 6.45) is 0. The summed E-state index contributed by atoms with van der Waals surface area (Å²) in [5.74, 6) is 0.495. The minimum absolute atomic E-state index is 0.0285. The Morgan fingerprint density at radius 1 is 1.35 bits per heavy atom. The molecule has 0 bridgehead atoms. The number of aromatic amines is 1. The first kappa shape index (κ1) is 11.8.